The van der Waals surface area contributed by atoms with Crippen LogP contribution in [0.1, 0.15) is 35.1 Å². The van der Waals surface area contributed by atoms with Crippen LogP contribution in [0.4, 0.5) is 4.39 Å². The zero-order valence-electron chi connectivity index (χ0n) is 18.6. The van der Waals surface area contributed by atoms with E-state index < -0.39 is 0 Å². The molecule has 1 fully saturated rings. The molecule has 2 aromatic carbocycles. The number of nitrogens with zero attached hydrogens (tertiary/aromatic N) is 5. The fourth-order valence-corrected chi connectivity index (χ4v) is 4.31. The van der Waals surface area contributed by atoms with Crippen LogP contribution >= 0.6 is 0 Å². The zero-order valence-corrected chi connectivity index (χ0v) is 18.6. The molecule has 0 spiro atoms. The van der Waals surface area contributed by atoms with Crippen molar-refractivity contribution in [3.63, 3.8) is 0 Å². The summed E-state index contributed by atoms with van der Waals surface area (Å²) in [7, 11) is 1.54. The third kappa shape index (κ3) is 4.19. The predicted octanol–water partition coefficient (Wildman–Crippen LogP) is 2.78. The van der Waals surface area contributed by atoms with Crippen LogP contribution in [0, 0.1) is 5.82 Å². The third-order valence-corrected chi connectivity index (χ3v) is 6.04. The Hall–Kier alpha value is -3.92. The molecule has 0 bridgehead atoms. The minimum atomic E-state index is -0.347. The van der Waals surface area contributed by atoms with Crippen molar-refractivity contribution in [2.24, 2.45) is 0 Å². The summed E-state index contributed by atoms with van der Waals surface area (Å²) in [6.45, 7) is 1.61. The van der Waals surface area contributed by atoms with Gasteiger partial charge in [0, 0.05) is 24.5 Å². The van der Waals surface area contributed by atoms with Crippen LogP contribution in [-0.2, 0) is 6.67 Å². The summed E-state index contributed by atoms with van der Waals surface area (Å²) in [5, 5.41) is 12.0. The monoisotopic (exact) mass is 462 g/mol. The normalized spacial score (nSPS) is 16.6. The zero-order chi connectivity index (χ0) is 23.7. The van der Waals surface area contributed by atoms with E-state index in [1.54, 1.807) is 36.4 Å². The van der Waals surface area contributed by atoms with Crippen LogP contribution in [0.15, 0.2) is 57.8 Å². The fraction of sp³-hybridized carbons (Fsp3) is 0.292. The Kier molecular flexibility index (Phi) is 5.89. The number of hydrogen-bond acceptors (Lipinski definition) is 7. The van der Waals surface area contributed by atoms with Gasteiger partial charge in [0.05, 0.1) is 18.0 Å². The highest BCUT2D eigenvalue weighted by Gasteiger charge is 2.27. The SMILES string of the molecule is CNC(=O)c1nn(CN2CCCC(c3nc(-c4ccc(F)cc4)no3)C2)c(=O)c2ccccc12. The third-order valence-electron chi connectivity index (χ3n) is 6.04. The van der Waals surface area contributed by atoms with E-state index in [2.05, 4.69) is 25.5 Å². The van der Waals surface area contributed by atoms with Crippen molar-refractivity contribution in [3.8, 4) is 11.4 Å². The Morgan fingerprint density at radius 2 is 1.94 bits per heavy atom. The van der Waals surface area contributed by atoms with Gasteiger partial charge in [-0.05, 0) is 49.7 Å². The van der Waals surface area contributed by atoms with E-state index >= 15 is 0 Å². The van der Waals surface area contributed by atoms with Crippen molar-refractivity contribution in [1.29, 1.82) is 0 Å². The molecule has 9 nitrogen and oxygen atoms in total. The molecular weight excluding hydrogens is 439 g/mol. The molecule has 1 atom stereocenters. The summed E-state index contributed by atoms with van der Waals surface area (Å²) in [4.78, 5) is 32.1. The Bertz CT molecular complexity index is 1400. The number of rotatable bonds is 5. The second kappa shape index (κ2) is 9.14. The topological polar surface area (TPSA) is 106 Å². The van der Waals surface area contributed by atoms with E-state index in [1.807, 2.05) is 0 Å². The summed E-state index contributed by atoms with van der Waals surface area (Å²) >= 11 is 0. The number of carbonyl (C=O) groups excluding carboxylic acids is 1. The number of nitrogens with one attached hydrogen (secondary N) is 1. The summed E-state index contributed by atoms with van der Waals surface area (Å²) in [6, 6.07) is 12.9. The lowest BCUT2D eigenvalue weighted by Crippen LogP contribution is -2.40. The highest BCUT2D eigenvalue weighted by atomic mass is 19.1. The molecule has 1 aliphatic rings. The summed E-state index contributed by atoms with van der Waals surface area (Å²) in [6.07, 6.45) is 1.74. The van der Waals surface area contributed by atoms with Gasteiger partial charge in [-0.1, -0.05) is 23.4 Å². The molecule has 5 rings (SSSR count). The standard InChI is InChI=1S/C24H23FN6O3/c1-26-22(32)20-18-6-2-3-7-19(18)24(33)31(28-20)14-30-12-4-5-16(13-30)23-27-21(29-34-23)15-8-10-17(25)11-9-15/h2-3,6-11,16H,4-5,12-14H2,1H3,(H,26,32). The average Bonchev–Trinajstić information content (AvgIpc) is 3.36. The first-order valence-corrected chi connectivity index (χ1v) is 11.1. The lowest BCUT2D eigenvalue weighted by molar-refractivity contribution is 0.0953. The van der Waals surface area contributed by atoms with Gasteiger partial charge in [0.25, 0.3) is 11.5 Å². The minimum Gasteiger partial charge on any atom is -0.354 e. The molecule has 0 aliphatic carbocycles. The van der Waals surface area contributed by atoms with Gasteiger partial charge in [0.2, 0.25) is 11.7 Å². The highest BCUT2D eigenvalue weighted by Crippen LogP contribution is 2.28. The molecule has 0 radical (unpaired) electrons. The van der Waals surface area contributed by atoms with Gasteiger partial charge in [-0.15, -0.1) is 0 Å². The number of aromatic nitrogens is 4. The van der Waals surface area contributed by atoms with Gasteiger partial charge in [0.15, 0.2) is 5.69 Å². The fourth-order valence-electron chi connectivity index (χ4n) is 4.31. The Morgan fingerprint density at radius 1 is 1.18 bits per heavy atom. The maximum atomic E-state index is 13.2. The number of fused-ring (bicyclic) bond motifs is 1. The van der Waals surface area contributed by atoms with Crippen LogP contribution in [0.25, 0.3) is 22.2 Å². The molecule has 1 N–H and O–H groups in total. The summed E-state index contributed by atoms with van der Waals surface area (Å²) in [5.41, 5.74) is 0.645. The van der Waals surface area contributed by atoms with Crippen LogP contribution in [0.2, 0.25) is 0 Å². The molecule has 1 amide bonds. The first-order chi connectivity index (χ1) is 16.5. The van der Waals surface area contributed by atoms with Gasteiger partial charge in [-0.25, -0.2) is 9.07 Å². The molecule has 174 valence electrons. The van der Waals surface area contributed by atoms with Crippen LogP contribution in [0.3, 0.4) is 0 Å². The van der Waals surface area contributed by atoms with Gasteiger partial charge in [-0.2, -0.15) is 10.1 Å². The maximum Gasteiger partial charge on any atom is 0.275 e. The summed E-state index contributed by atoms with van der Waals surface area (Å²) < 4.78 is 20.1. The Labute approximate surface area is 194 Å². The molecule has 4 aromatic rings. The quantitative estimate of drug-likeness (QED) is 0.486. The van der Waals surface area contributed by atoms with Crippen molar-refractivity contribution in [1.82, 2.24) is 30.1 Å². The Balaban J connectivity index is 1.38. The number of amides is 1. The second-order valence-electron chi connectivity index (χ2n) is 8.30. The number of carbonyl (C=O) groups is 1. The van der Waals surface area contributed by atoms with Crippen LogP contribution < -0.4 is 10.9 Å². The number of piperidine rings is 1. The van der Waals surface area contributed by atoms with Gasteiger partial charge in [0.1, 0.15) is 5.82 Å². The molecular formula is C24H23FN6O3. The molecule has 3 heterocycles. The van der Waals surface area contributed by atoms with Crippen molar-refractivity contribution >= 4 is 16.7 Å². The first-order valence-electron chi connectivity index (χ1n) is 11.1. The van der Waals surface area contributed by atoms with Crippen LogP contribution in [-0.4, -0.2) is 50.9 Å². The molecule has 0 saturated carbocycles. The number of benzene rings is 2. The van der Waals surface area contributed by atoms with Crippen molar-refractivity contribution in [2.45, 2.75) is 25.4 Å². The first kappa shape index (κ1) is 21.9. The van der Waals surface area contributed by atoms with E-state index in [0.29, 0.717) is 34.6 Å². The summed E-state index contributed by atoms with van der Waals surface area (Å²) in [5.74, 6) is 0.238. The van der Waals surface area contributed by atoms with Gasteiger partial charge >= 0.3 is 0 Å². The lowest BCUT2D eigenvalue weighted by Gasteiger charge is -2.30. The smallest absolute Gasteiger partial charge is 0.275 e. The van der Waals surface area contributed by atoms with E-state index in [4.69, 9.17) is 4.52 Å². The average molecular weight is 462 g/mol. The van der Waals surface area contributed by atoms with E-state index in [-0.39, 0.29) is 35.6 Å². The lowest BCUT2D eigenvalue weighted by atomic mass is 9.98. The molecule has 1 aliphatic heterocycles. The molecule has 2 aromatic heterocycles. The van der Waals surface area contributed by atoms with Gasteiger partial charge < -0.3 is 9.84 Å². The van der Waals surface area contributed by atoms with E-state index in [9.17, 15) is 14.0 Å². The molecule has 34 heavy (non-hydrogen) atoms. The maximum absolute atomic E-state index is 13.2. The van der Waals surface area contributed by atoms with Crippen LogP contribution in [0.5, 0.6) is 0 Å². The van der Waals surface area contributed by atoms with E-state index in [0.717, 1.165) is 19.4 Å². The van der Waals surface area contributed by atoms with Gasteiger partial charge in [-0.3, -0.25) is 14.5 Å². The predicted molar refractivity (Wildman–Crippen MR) is 123 cm³/mol. The van der Waals surface area contributed by atoms with E-state index in [1.165, 1.54) is 23.9 Å². The van der Waals surface area contributed by atoms with Crippen molar-refractivity contribution in [3.05, 3.63) is 76.3 Å². The Morgan fingerprint density at radius 3 is 2.71 bits per heavy atom. The second-order valence-corrected chi connectivity index (χ2v) is 8.30. The van der Waals surface area contributed by atoms with Crippen molar-refractivity contribution < 1.29 is 13.7 Å². The minimum absolute atomic E-state index is 0.00924. The van der Waals surface area contributed by atoms with Crippen molar-refractivity contribution in [2.75, 3.05) is 20.1 Å². The molecule has 10 heteroatoms. The highest BCUT2D eigenvalue weighted by molar-refractivity contribution is 6.04. The largest absolute Gasteiger partial charge is 0.354 e. The molecule has 1 unspecified atom stereocenters. The molecule has 1 saturated heterocycles. The number of likely N-dealkylation sites (tertiary alicyclic amines) is 1. The number of halogens is 1. The number of hydrogen-bond donors (Lipinski definition) is 1.